The fourth-order valence-corrected chi connectivity index (χ4v) is 5.14. The van der Waals surface area contributed by atoms with Crippen LogP contribution in [0.25, 0.3) is 6.08 Å². The van der Waals surface area contributed by atoms with E-state index in [2.05, 4.69) is 20.7 Å². The number of rotatable bonds is 8. The summed E-state index contributed by atoms with van der Waals surface area (Å²) in [7, 11) is -3.76. The van der Waals surface area contributed by atoms with Crippen LogP contribution in [0.1, 0.15) is 25.4 Å². The molecule has 4 rings (SSSR count). The molecule has 2 heterocycles. The molecule has 1 N–H and O–H groups in total. The standard InChI is InChI=1S/C26H22BrClN2O6S/c1-3-35-26(32)24-16(2)30(19-8-6-18(28)7-9-19)25(31)23(24)14-20-10-11-21(36-20)15-29-37(33,34)22-12-4-17(27)5-13-22/h4-14,29H,3,15H2,1-2H3/b23-14+. The topological polar surface area (TPSA) is 106 Å². The number of allylic oxidation sites excluding steroid dienone is 1. The number of hydrogen-bond donors (Lipinski definition) is 1. The summed E-state index contributed by atoms with van der Waals surface area (Å²) in [5, 5.41) is 0.511. The smallest absolute Gasteiger partial charge is 0.340 e. The van der Waals surface area contributed by atoms with Crippen molar-refractivity contribution in [2.45, 2.75) is 25.3 Å². The number of anilines is 1. The van der Waals surface area contributed by atoms with E-state index in [1.54, 1.807) is 62.4 Å². The summed E-state index contributed by atoms with van der Waals surface area (Å²) < 4.78 is 39.3. The first kappa shape index (κ1) is 26.9. The van der Waals surface area contributed by atoms with Crippen molar-refractivity contribution in [3.8, 4) is 0 Å². The van der Waals surface area contributed by atoms with Crippen LogP contribution in [0.3, 0.4) is 0 Å². The Morgan fingerprint density at radius 1 is 1.11 bits per heavy atom. The number of ether oxygens (including phenoxy) is 1. The normalized spacial score (nSPS) is 15.1. The van der Waals surface area contributed by atoms with Crippen molar-refractivity contribution in [2.24, 2.45) is 0 Å². The van der Waals surface area contributed by atoms with Gasteiger partial charge in [-0.05, 0) is 80.6 Å². The Morgan fingerprint density at radius 3 is 2.43 bits per heavy atom. The molecule has 0 saturated carbocycles. The van der Waals surface area contributed by atoms with Gasteiger partial charge in [-0.2, -0.15) is 0 Å². The molecule has 0 bridgehead atoms. The molecule has 0 saturated heterocycles. The van der Waals surface area contributed by atoms with Crippen LogP contribution in [0, 0.1) is 0 Å². The molecule has 8 nitrogen and oxygen atoms in total. The highest BCUT2D eigenvalue weighted by Crippen LogP contribution is 2.36. The molecular formula is C26H22BrClN2O6S. The van der Waals surface area contributed by atoms with E-state index in [0.29, 0.717) is 22.2 Å². The second-order valence-corrected chi connectivity index (χ2v) is 11.1. The summed E-state index contributed by atoms with van der Waals surface area (Å²) in [6, 6.07) is 16.1. The minimum Gasteiger partial charge on any atom is -0.462 e. The number of furan rings is 1. The molecule has 0 radical (unpaired) electrons. The number of esters is 1. The van der Waals surface area contributed by atoms with E-state index in [4.69, 9.17) is 20.8 Å². The number of sulfonamides is 1. The van der Waals surface area contributed by atoms with E-state index in [1.807, 2.05) is 0 Å². The molecule has 3 aromatic rings. The molecule has 0 unspecified atom stereocenters. The largest absolute Gasteiger partial charge is 0.462 e. The van der Waals surface area contributed by atoms with Gasteiger partial charge in [0.15, 0.2) is 0 Å². The number of amides is 1. The number of nitrogens with zero attached hydrogens (tertiary/aromatic N) is 1. The zero-order valence-corrected chi connectivity index (χ0v) is 23.0. The van der Waals surface area contributed by atoms with E-state index in [-0.39, 0.29) is 35.0 Å². The maximum Gasteiger partial charge on any atom is 0.340 e. The summed E-state index contributed by atoms with van der Waals surface area (Å²) in [6.07, 6.45) is 1.45. The van der Waals surface area contributed by atoms with Gasteiger partial charge in [-0.1, -0.05) is 27.5 Å². The van der Waals surface area contributed by atoms with Crippen molar-refractivity contribution in [2.75, 3.05) is 11.5 Å². The van der Waals surface area contributed by atoms with Gasteiger partial charge in [0.1, 0.15) is 11.5 Å². The van der Waals surface area contributed by atoms with Crippen LogP contribution in [-0.2, 0) is 30.9 Å². The van der Waals surface area contributed by atoms with Crippen molar-refractivity contribution in [1.82, 2.24) is 4.72 Å². The van der Waals surface area contributed by atoms with Crippen molar-refractivity contribution in [3.05, 3.63) is 98.5 Å². The van der Waals surface area contributed by atoms with Crippen molar-refractivity contribution in [1.29, 1.82) is 0 Å². The fourth-order valence-electron chi connectivity index (χ4n) is 3.75. The molecule has 1 amide bonds. The summed E-state index contributed by atoms with van der Waals surface area (Å²) in [5.74, 6) is -0.471. The Hall–Kier alpha value is -3.18. The Bertz CT molecular complexity index is 1510. The average molecular weight is 606 g/mol. The fraction of sp³-hybridized carbons (Fsp3) is 0.154. The minimum atomic E-state index is -3.76. The third-order valence-corrected chi connectivity index (χ3v) is 7.69. The highest BCUT2D eigenvalue weighted by molar-refractivity contribution is 9.10. The van der Waals surface area contributed by atoms with E-state index >= 15 is 0 Å². The third-order valence-electron chi connectivity index (χ3n) is 5.49. The van der Waals surface area contributed by atoms with Crippen molar-refractivity contribution in [3.63, 3.8) is 0 Å². The monoisotopic (exact) mass is 604 g/mol. The van der Waals surface area contributed by atoms with Crippen LogP contribution in [-0.4, -0.2) is 26.9 Å². The first-order valence-electron chi connectivity index (χ1n) is 11.1. The number of nitrogens with one attached hydrogen (secondary N) is 1. The first-order chi connectivity index (χ1) is 17.6. The lowest BCUT2D eigenvalue weighted by Gasteiger charge is -2.17. The highest BCUT2D eigenvalue weighted by Gasteiger charge is 2.38. The second kappa shape index (κ2) is 11.1. The van der Waals surface area contributed by atoms with Gasteiger partial charge in [0.05, 0.1) is 29.2 Å². The molecule has 0 spiro atoms. The number of halogens is 2. The molecule has 0 aliphatic carbocycles. The van der Waals surface area contributed by atoms with Crippen molar-refractivity contribution >= 4 is 61.2 Å². The average Bonchev–Trinajstić information content (AvgIpc) is 3.41. The first-order valence-corrected chi connectivity index (χ1v) is 13.8. The molecule has 11 heteroatoms. The van der Waals surface area contributed by atoms with Gasteiger partial charge < -0.3 is 9.15 Å². The van der Waals surface area contributed by atoms with Crippen LogP contribution < -0.4 is 9.62 Å². The molecule has 1 aromatic heterocycles. The molecule has 1 aliphatic rings. The third kappa shape index (κ3) is 5.88. The summed E-state index contributed by atoms with van der Waals surface area (Å²) in [6.45, 7) is 3.37. The minimum absolute atomic E-state index is 0.0993. The maximum atomic E-state index is 13.4. The van der Waals surface area contributed by atoms with E-state index < -0.39 is 21.9 Å². The van der Waals surface area contributed by atoms with Gasteiger partial charge in [0.2, 0.25) is 10.0 Å². The Balaban J connectivity index is 1.60. The van der Waals surface area contributed by atoms with Gasteiger partial charge in [0.25, 0.3) is 5.91 Å². The lowest BCUT2D eigenvalue weighted by atomic mass is 10.1. The summed E-state index contributed by atoms with van der Waals surface area (Å²) in [5.41, 5.74) is 1.17. The Labute approximate surface area is 227 Å². The quantitative estimate of drug-likeness (QED) is 0.271. The molecular weight excluding hydrogens is 584 g/mol. The van der Waals surface area contributed by atoms with Crippen LogP contribution in [0.2, 0.25) is 5.02 Å². The van der Waals surface area contributed by atoms with Crippen LogP contribution in [0.4, 0.5) is 5.69 Å². The predicted octanol–water partition coefficient (Wildman–Crippen LogP) is 5.44. The predicted molar refractivity (Wildman–Crippen MR) is 143 cm³/mol. The molecule has 37 heavy (non-hydrogen) atoms. The van der Waals surface area contributed by atoms with Crippen LogP contribution >= 0.6 is 27.5 Å². The zero-order chi connectivity index (χ0) is 26.7. The van der Waals surface area contributed by atoms with Gasteiger partial charge in [-0.15, -0.1) is 0 Å². The molecule has 1 aliphatic heterocycles. The Morgan fingerprint density at radius 2 is 1.78 bits per heavy atom. The lowest BCUT2D eigenvalue weighted by molar-refractivity contribution is -0.138. The van der Waals surface area contributed by atoms with Crippen LogP contribution in [0.15, 0.2) is 91.3 Å². The molecule has 0 atom stereocenters. The van der Waals surface area contributed by atoms with Gasteiger partial charge in [-0.3, -0.25) is 9.69 Å². The van der Waals surface area contributed by atoms with Crippen LogP contribution in [0.5, 0.6) is 0 Å². The highest BCUT2D eigenvalue weighted by atomic mass is 79.9. The maximum absolute atomic E-state index is 13.4. The number of carbonyl (C=O) groups is 2. The van der Waals surface area contributed by atoms with Gasteiger partial charge in [-0.25, -0.2) is 17.9 Å². The summed E-state index contributed by atoms with van der Waals surface area (Å²) in [4.78, 5) is 27.7. The number of benzene rings is 2. The zero-order valence-electron chi connectivity index (χ0n) is 19.8. The Kier molecular flexibility index (Phi) is 8.03. The SMILES string of the molecule is CCOC(=O)C1=C(C)N(c2ccc(Cl)cc2)C(=O)/C1=C/c1ccc(CNS(=O)(=O)c2ccc(Br)cc2)o1. The number of hydrogen-bond acceptors (Lipinski definition) is 6. The molecule has 0 fully saturated rings. The molecule has 2 aromatic carbocycles. The van der Waals surface area contributed by atoms with Gasteiger partial charge >= 0.3 is 5.97 Å². The summed E-state index contributed by atoms with van der Waals surface area (Å²) >= 11 is 9.26. The lowest BCUT2D eigenvalue weighted by Crippen LogP contribution is -2.24. The van der Waals surface area contributed by atoms with E-state index in [0.717, 1.165) is 4.47 Å². The van der Waals surface area contributed by atoms with Gasteiger partial charge in [0, 0.05) is 20.9 Å². The molecule has 192 valence electrons. The van der Waals surface area contributed by atoms with Crippen molar-refractivity contribution < 1.29 is 27.2 Å². The number of carbonyl (C=O) groups excluding carboxylic acids is 2. The second-order valence-electron chi connectivity index (χ2n) is 7.94. The van der Waals surface area contributed by atoms with E-state index in [9.17, 15) is 18.0 Å². The van der Waals surface area contributed by atoms with E-state index in [1.165, 1.54) is 23.1 Å².